The van der Waals surface area contributed by atoms with E-state index in [2.05, 4.69) is 17.0 Å². The summed E-state index contributed by atoms with van der Waals surface area (Å²) in [5.41, 5.74) is 1.17. The minimum atomic E-state index is 0.0895. The number of nitrogens with zero attached hydrogens (tertiary/aromatic N) is 3. The summed E-state index contributed by atoms with van der Waals surface area (Å²) in [6.07, 6.45) is 3.89. The van der Waals surface area contributed by atoms with Crippen LogP contribution in [0.5, 0.6) is 0 Å². The lowest BCUT2D eigenvalue weighted by molar-refractivity contribution is -0.138. The highest BCUT2D eigenvalue weighted by atomic mass is 16.5. The van der Waals surface area contributed by atoms with Gasteiger partial charge in [-0.3, -0.25) is 9.59 Å². The lowest BCUT2D eigenvalue weighted by atomic mass is 9.92. The first kappa shape index (κ1) is 20.8. The van der Waals surface area contributed by atoms with Gasteiger partial charge >= 0.3 is 0 Å². The number of amides is 2. The van der Waals surface area contributed by atoms with Crippen molar-refractivity contribution < 1.29 is 14.3 Å². The van der Waals surface area contributed by atoms with E-state index in [1.165, 1.54) is 5.56 Å². The molecule has 0 spiro atoms. The molecule has 1 aromatic carbocycles. The number of piperidine rings is 2. The Labute approximate surface area is 168 Å². The molecule has 6 heteroatoms. The average molecular weight is 388 g/mol. The van der Waals surface area contributed by atoms with E-state index in [9.17, 15) is 9.59 Å². The van der Waals surface area contributed by atoms with Gasteiger partial charge in [-0.25, -0.2) is 0 Å². The summed E-state index contributed by atoms with van der Waals surface area (Å²) in [7, 11) is 3.47. The van der Waals surface area contributed by atoms with Crippen LogP contribution in [0, 0.1) is 5.92 Å². The number of rotatable bonds is 6. The maximum Gasteiger partial charge on any atom is 0.248 e. The molecule has 2 amide bonds. The van der Waals surface area contributed by atoms with Crippen LogP contribution in [0.15, 0.2) is 30.3 Å². The summed E-state index contributed by atoms with van der Waals surface area (Å²) in [5, 5.41) is 0. The molecule has 0 aliphatic carbocycles. The third-order valence-corrected chi connectivity index (χ3v) is 6.12. The van der Waals surface area contributed by atoms with Gasteiger partial charge in [0.2, 0.25) is 11.8 Å². The Balaban J connectivity index is 1.42. The van der Waals surface area contributed by atoms with Crippen molar-refractivity contribution in [2.75, 3.05) is 46.9 Å². The van der Waals surface area contributed by atoms with Gasteiger partial charge in [0.15, 0.2) is 0 Å². The van der Waals surface area contributed by atoms with Gasteiger partial charge in [0.05, 0.1) is 0 Å². The zero-order chi connectivity index (χ0) is 19.9. The number of benzene rings is 1. The first-order chi connectivity index (χ1) is 13.6. The van der Waals surface area contributed by atoms with Crippen LogP contribution in [0.4, 0.5) is 0 Å². The fraction of sp³-hybridized carbons (Fsp3) is 0.636. The van der Waals surface area contributed by atoms with E-state index >= 15 is 0 Å². The number of likely N-dealkylation sites (tertiary alicyclic amines) is 2. The molecule has 28 heavy (non-hydrogen) atoms. The van der Waals surface area contributed by atoms with Crippen molar-refractivity contribution >= 4 is 11.8 Å². The Hall–Kier alpha value is -1.92. The molecule has 2 fully saturated rings. The third kappa shape index (κ3) is 5.32. The van der Waals surface area contributed by atoms with Crippen LogP contribution in [-0.2, 0) is 20.9 Å². The minimum absolute atomic E-state index is 0.0895. The van der Waals surface area contributed by atoms with E-state index in [1.54, 1.807) is 7.11 Å². The summed E-state index contributed by atoms with van der Waals surface area (Å²) < 4.78 is 4.95. The number of carbonyl (C=O) groups is 2. The monoisotopic (exact) mass is 387 g/mol. The Bertz CT molecular complexity index is 636. The van der Waals surface area contributed by atoms with Crippen molar-refractivity contribution in [3.8, 4) is 0 Å². The van der Waals surface area contributed by atoms with Gasteiger partial charge in [-0.05, 0) is 44.3 Å². The van der Waals surface area contributed by atoms with Crippen LogP contribution < -0.4 is 0 Å². The number of hydrogen-bond donors (Lipinski definition) is 0. The Kier molecular flexibility index (Phi) is 7.45. The van der Waals surface area contributed by atoms with Crippen molar-refractivity contribution in [1.29, 1.82) is 0 Å². The van der Waals surface area contributed by atoms with Gasteiger partial charge in [-0.15, -0.1) is 0 Å². The predicted octanol–water partition coefficient (Wildman–Crippen LogP) is 1.99. The van der Waals surface area contributed by atoms with E-state index in [1.807, 2.05) is 35.0 Å². The maximum absolute atomic E-state index is 12.8. The molecule has 2 saturated heterocycles. The first-order valence-electron chi connectivity index (χ1n) is 10.4. The molecule has 2 heterocycles. The van der Waals surface area contributed by atoms with Crippen molar-refractivity contribution in [2.24, 2.45) is 5.92 Å². The van der Waals surface area contributed by atoms with Gasteiger partial charge in [0, 0.05) is 45.8 Å². The van der Waals surface area contributed by atoms with Gasteiger partial charge in [0.25, 0.3) is 0 Å². The highest BCUT2D eigenvalue weighted by Gasteiger charge is 2.32. The number of methoxy groups -OCH3 is 1. The molecule has 0 unspecified atom stereocenters. The second-order valence-corrected chi connectivity index (χ2v) is 8.04. The fourth-order valence-corrected chi connectivity index (χ4v) is 4.45. The van der Waals surface area contributed by atoms with Gasteiger partial charge in [-0.2, -0.15) is 0 Å². The van der Waals surface area contributed by atoms with Crippen LogP contribution >= 0.6 is 0 Å². The zero-order valence-corrected chi connectivity index (χ0v) is 17.2. The molecule has 0 saturated carbocycles. The maximum atomic E-state index is 12.8. The van der Waals surface area contributed by atoms with Gasteiger partial charge < -0.3 is 19.4 Å². The summed E-state index contributed by atoms with van der Waals surface area (Å²) in [5.74, 6) is 0.489. The quantitative estimate of drug-likeness (QED) is 0.749. The SMILES string of the molecule is COCC(=O)N1CCC(N2CCC(C(=O)N(C)Cc3ccccc3)CC2)CC1. The van der Waals surface area contributed by atoms with E-state index in [-0.39, 0.29) is 24.3 Å². The largest absolute Gasteiger partial charge is 0.375 e. The molecular weight excluding hydrogens is 354 g/mol. The molecule has 1 aromatic rings. The Morgan fingerprint density at radius 2 is 1.68 bits per heavy atom. The molecule has 3 rings (SSSR count). The molecule has 0 radical (unpaired) electrons. The van der Waals surface area contributed by atoms with Crippen LogP contribution in [-0.4, -0.2) is 79.5 Å². The number of carbonyl (C=O) groups excluding carboxylic acids is 2. The molecule has 0 atom stereocenters. The smallest absolute Gasteiger partial charge is 0.248 e. The number of hydrogen-bond acceptors (Lipinski definition) is 4. The standard InChI is InChI=1S/C22H33N3O3/c1-23(16-18-6-4-3-5-7-18)22(27)19-8-12-24(13-9-19)20-10-14-25(15-11-20)21(26)17-28-2/h3-7,19-20H,8-17H2,1-2H3. The van der Waals surface area contributed by atoms with Crippen LogP contribution in [0.1, 0.15) is 31.2 Å². The number of ether oxygens (including phenoxy) is 1. The third-order valence-electron chi connectivity index (χ3n) is 6.12. The molecule has 2 aliphatic rings. The van der Waals surface area contributed by atoms with Gasteiger partial charge in [-0.1, -0.05) is 30.3 Å². The summed E-state index contributed by atoms with van der Waals surface area (Å²) >= 11 is 0. The topological polar surface area (TPSA) is 53.1 Å². The minimum Gasteiger partial charge on any atom is -0.375 e. The van der Waals surface area contributed by atoms with E-state index in [0.717, 1.165) is 51.9 Å². The van der Waals surface area contributed by atoms with Crippen LogP contribution in [0.2, 0.25) is 0 Å². The molecular formula is C22H33N3O3. The van der Waals surface area contributed by atoms with Crippen molar-refractivity contribution in [3.63, 3.8) is 0 Å². The van der Waals surface area contributed by atoms with Crippen molar-refractivity contribution in [2.45, 2.75) is 38.3 Å². The van der Waals surface area contributed by atoms with E-state index in [0.29, 0.717) is 12.6 Å². The normalized spacial score (nSPS) is 19.6. The van der Waals surface area contributed by atoms with E-state index < -0.39 is 0 Å². The molecule has 154 valence electrons. The first-order valence-corrected chi connectivity index (χ1v) is 10.4. The lowest BCUT2D eigenvalue weighted by Gasteiger charge is -2.42. The summed E-state index contributed by atoms with van der Waals surface area (Å²) in [6.45, 7) is 4.43. The Morgan fingerprint density at radius 1 is 1.04 bits per heavy atom. The summed E-state index contributed by atoms with van der Waals surface area (Å²) in [4.78, 5) is 31.1. The molecule has 6 nitrogen and oxygen atoms in total. The van der Waals surface area contributed by atoms with Crippen LogP contribution in [0.25, 0.3) is 0 Å². The zero-order valence-electron chi connectivity index (χ0n) is 17.2. The van der Waals surface area contributed by atoms with Crippen molar-refractivity contribution in [3.05, 3.63) is 35.9 Å². The molecule has 0 N–H and O–H groups in total. The van der Waals surface area contributed by atoms with Crippen molar-refractivity contribution in [1.82, 2.24) is 14.7 Å². The second-order valence-electron chi connectivity index (χ2n) is 8.04. The lowest BCUT2D eigenvalue weighted by Crippen LogP contribution is -2.50. The molecule has 2 aliphatic heterocycles. The summed E-state index contributed by atoms with van der Waals surface area (Å²) in [6, 6.07) is 10.7. The Morgan fingerprint density at radius 3 is 2.29 bits per heavy atom. The average Bonchev–Trinajstić information content (AvgIpc) is 2.74. The molecule has 0 aromatic heterocycles. The van der Waals surface area contributed by atoms with Crippen LogP contribution in [0.3, 0.4) is 0 Å². The second kappa shape index (κ2) is 10.0. The fourth-order valence-electron chi connectivity index (χ4n) is 4.45. The highest BCUT2D eigenvalue weighted by molar-refractivity contribution is 5.78. The predicted molar refractivity (Wildman–Crippen MR) is 109 cm³/mol. The molecule has 0 bridgehead atoms. The van der Waals surface area contributed by atoms with Gasteiger partial charge in [0.1, 0.15) is 6.61 Å². The highest BCUT2D eigenvalue weighted by Crippen LogP contribution is 2.25. The van der Waals surface area contributed by atoms with E-state index in [4.69, 9.17) is 4.74 Å².